The van der Waals surface area contributed by atoms with Crippen molar-refractivity contribution in [3.05, 3.63) is 12.2 Å². The third kappa shape index (κ3) is 3.08. The summed E-state index contributed by atoms with van der Waals surface area (Å²) in [5.74, 6) is -1.68. The molecule has 4 nitrogen and oxygen atoms in total. The minimum Gasteiger partial charge on any atom is -0.481 e. The van der Waals surface area contributed by atoms with Crippen LogP contribution in [0.25, 0.3) is 0 Å². The quantitative estimate of drug-likeness (QED) is 0.591. The molecule has 1 aliphatic carbocycles. The van der Waals surface area contributed by atoms with Crippen molar-refractivity contribution in [2.24, 2.45) is 17.3 Å². The van der Waals surface area contributed by atoms with Gasteiger partial charge in [0, 0.05) is 6.08 Å². The number of esters is 1. The Balaban J connectivity index is 2.51. The van der Waals surface area contributed by atoms with Gasteiger partial charge in [0.1, 0.15) is 0 Å². The van der Waals surface area contributed by atoms with Crippen LogP contribution in [-0.4, -0.2) is 23.1 Å². The number of carbonyl (C=O) groups is 2. The molecule has 0 heterocycles. The number of allylic oxidation sites excluding steroid dienone is 1. The summed E-state index contributed by atoms with van der Waals surface area (Å²) in [5.41, 5.74) is -0.265. The zero-order valence-electron chi connectivity index (χ0n) is 10.8. The van der Waals surface area contributed by atoms with Crippen molar-refractivity contribution < 1.29 is 19.4 Å². The molecule has 1 fully saturated rings. The third-order valence-electron chi connectivity index (χ3n) is 3.51. The molecular formula is C13H20O4. The maximum Gasteiger partial charge on any atom is 0.330 e. The Kier molecular flexibility index (Phi) is 3.96. The molecule has 1 N–H and O–H groups in total. The van der Waals surface area contributed by atoms with E-state index >= 15 is 0 Å². The highest BCUT2D eigenvalue weighted by molar-refractivity contribution is 5.83. The first-order valence-electron chi connectivity index (χ1n) is 5.92. The molecule has 1 rings (SSSR count). The van der Waals surface area contributed by atoms with Gasteiger partial charge < -0.3 is 9.84 Å². The van der Waals surface area contributed by atoms with Gasteiger partial charge in [-0.1, -0.05) is 26.8 Å². The molecule has 1 aliphatic rings. The van der Waals surface area contributed by atoms with Crippen LogP contribution in [0, 0.1) is 17.3 Å². The van der Waals surface area contributed by atoms with Crippen LogP contribution in [0.15, 0.2) is 12.2 Å². The average molecular weight is 240 g/mol. The molecule has 0 amide bonds. The summed E-state index contributed by atoms with van der Waals surface area (Å²) < 4.78 is 5.07. The zero-order valence-corrected chi connectivity index (χ0v) is 10.8. The molecular weight excluding hydrogens is 220 g/mol. The second-order valence-corrected chi connectivity index (χ2v) is 5.18. The number of carboxylic acid groups (broad SMARTS) is 1. The zero-order chi connectivity index (χ0) is 13.2. The first kappa shape index (κ1) is 13.7. The van der Waals surface area contributed by atoms with Crippen LogP contribution in [0.3, 0.4) is 0 Å². The van der Waals surface area contributed by atoms with Crippen molar-refractivity contribution >= 4 is 11.9 Å². The van der Waals surface area contributed by atoms with Crippen LogP contribution < -0.4 is 0 Å². The fraction of sp³-hybridized carbons (Fsp3) is 0.692. The van der Waals surface area contributed by atoms with Gasteiger partial charge in [-0.05, 0) is 24.7 Å². The van der Waals surface area contributed by atoms with Crippen LogP contribution in [0.5, 0.6) is 0 Å². The second-order valence-electron chi connectivity index (χ2n) is 5.18. The van der Waals surface area contributed by atoms with Gasteiger partial charge in [-0.3, -0.25) is 4.79 Å². The van der Waals surface area contributed by atoms with Crippen molar-refractivity contribution in [3.63, 3.8) is 0 Å². The lowest BCUT2D eigenvalue weighted by atomic mass is 10.1. The lowest BCUT2D eigenvalue weighted by Crippen LogP contribution is -2.11. The Morgan fingerprint density at radius 2 is 2.06 bits per heavy atom. The number of hydrogen-bond acceptors (Lipinski definition) is 3. The highest BCUT2D eigenvalue weighted by Crippen LogP contribution is 2.58. The van der Waals surface area contributed by atoms with Crippen molar-refractivity contribution in [2.45, 2.75) is 40.2 Å². The molecule has 3 atom stereocenters. The fourth-order valence-corrected chi connectivity index (χ4v) is 2.01. The van der Waals surface area contributed by atoms with E-state index in [2.05, 4.69) is 0 Å². The van der Waals surface area contributed by atoms with Gasteiger partial charge in [-0.2, -0.15) is 0 Å². The van der Waals surface area contributed by atoms with Gasteiger partial charge in [-0.25, -0.2) is 4.79 Å². The largest absolute Gasteiger partial charge is 0.481 e. The summed E-state index contributed by atoms with van der Waals surface area (Å²) in [5, 5.41) is 8.96. The van der Waals surface area contributed by atoms with Crippen LogP contribution in [0.1, 0.15) is 34.1 Å². The number of rotatable bonds is 5. The van der Waals surface area contributed by atoms with E-state index in [1.54, 1.807) is 6.08 Å². The van der Waals surface area contributed by atoms with Crippen molar-refractivity contribution in [1.29, 1.82) is 0 Å². The van der Waals surface area contributed by atoms with Gasteiger partial charge in [0.2, 0.25) is 0 Å². The minimum absolute atomic E-state index is 0.0792. The molecule has 0 radical (unpaired) electrons. The molecule has 0 spiro atoms. The maximum absolute atomic E-state index is 11.4. The SMILES string of the molecule is CCC(C)OC(=O)C=CC1C(C(=O)O)C1(C)C. The predicted octanol–water partition coefficient (Wildman–Crippen LogP) is 2.24. The lowest BCUT2D eigenvalue weighted by Gasteiger charge is -2.07. The van der Waals surface area contributed by atoms with Crippen LogP contribution in [-0.2, 0) is 14.3 Å². The Bertz CT molecular complexity index is 343. The summed E-state index contributed by atoms with van der Waals surface area (Å²) in [6.45, 7) is 7.54. The van der Waals surface area contributed by atoms with Gasteiger partial charge in [0.25, 0.3) is 0 Å². The molecule has 0 aromatic heterocycles. The van der Waals surface area contributed by atoms with E-state index < -0.39 is 17.9 Å². The van der Waals surface area contributed by atoms with E-state index in [-0.39, 0.29) is 17.4 Å². The normalized spacial score (nSPS) is 27.8. The minimum atomic E-state index is -0.806. The van der Waals surface area contributed by atoms with Gasteiger partial charge in [0.15, 0.2) is 0 Å². The number of carboxylic acids is 1. The second kappa shape index (κ2) is 4.90. The van der Waals surface area contributed by atoms with E-state index in [9.17, 15) is 9.59 Å². The fourth-order valence-electron chi connectivity index (χ4n) is 2.01. The summed E-state index contributed by atoms with van der Waals surface area (Å²) in [7, 11) is 0. The number of aliphatic carboxylic acids is 1. The number of ether oxygens (including phenoxy) is 1. The Morgan fingerprint density at radius 3 is 2.47 bits per heavy atom. The molecule has 96 valence electrons. The predicted molar refractivity (Wildman–Crippen MR) is 63.4 cm³/mol. The molecule has 0 aromatic rings. The van der Waals surface area contributed by atoms with Gasteiger partial charge in [-0.15, -0.1) is 0 Å². The Morgan fingerprint density at radius 1 is 1.47 bits per heavy atom. The smallest absolute Gasteiger partial charge is 0.330 e. The molecule has 0 aromatic carbocycles. The summed E-state index contributed by atoms with van der Waals surface area (Å²) >= 11 is 0. The van der Waals surface area contributed by atoms with Crippen molar-refractivity contribution in [3.8, 4) is 0 Å². The van der Waals surface area contributed by atoms with Crippen molar-refractivity contribution in [1.82, 2.24) is 0 Å². The van der Waals surface area contributed by atoms with E-state index in [4.69, 9.17) is 9.84 Å². The molecule has 0 saturated heterocycles. The Labute approximate surface area is 102 Å². The van der Waals surface area contributed by atoms with E-state index in [0.29, 0.717) is 0 Å². The highest BCUT2D eigenvalue weighted by atomic mass is 16.5. The molecule has 1 saturated carbocycles. The van der Waals surface area contributed by atoms with E-state index in [1.165, 1.54) is 6.08 Å². The molecule has 0 bridgehead atoms. The number of hydrogen-bond donors (Lipinski definition) is 1. The summed E-state index contributed by atoms with van der Waals surface area (Å²) in [6.07, 6.45) is 3.67. The Hall–Kier alpha value is -1.32. The summed E-state index contributed by atoms with van der Waals surface area (Å²) in [6, 6.07) is 0. The standard InChI is InChI=1S/C13H20O4/c1-5-8(2)17-10(14)7-6-9-11(12(15)16)13(9,3)4/h6-9,11H,5H2,1-4H3,(H,15,16). The lowest BCUT2D eigenvalue weighted by molar-refractivity contribution is -0.142. The molecule has 4 heteroatoms. The first-order chi connectivity index (χ1) is 7.80. The van der Waals surface area contributed by atoms with Gasteiger partial charge >= 0.3 is 11.9 Å². The summed E-state index contributed by atoms with van der Waals surface area (Å²) in [4.78, 5) is 22.3. The molecule has 3 unspecified atom stereocenters. The van der Waals surface area contributed by atoms with Crippen molar-refractivity contribution in [2.75, 3.05) is 0 Å². The molecule has 0 aliphatic heterocycles. The maximum atomic E-state index is 11.4. The van der Waals surface area contributed by atoms with E-state index in [0.717, 1.165) is 6.42 Å². The topological polar surface area (TPSA) is 63.6 Å². The highest BCUT2D eigenvalue weighted by Gasteiger charge is 2.60. The third-order valence-corrected chi connectivity index (χ3v) is 3.51. The number of carbonyl (C=O) groups excluding carboxylic acids is 1. The first-order valence-corrected chi connectivity index (χ1v) is 5.92. The monoisotopic (exact) mass is 240 g/mol. The molecule has 17 heavy (non-hydrogen) atoms. The van der Waals surface area contributed by atoms with Crippen LogP contribution in [0.2, 0.25) is 0 Å². The van der Waals surface area contributed by atoms with E-state index in [1.807, 2.05) is 27.7 Å². The van der Waals surface area contributed by atoms with Crippen LogP contribution >= 0.6 is 0 Å². The van der Waals surface area contributed by atoms with Gasteiger partial charge in [0.05, 0.1) is 12.0 Å². The van der Waals surface area contributed by atoms with Crippen LogP contribution in [0.4, 0.5) is 0 Å². The average Bonchev–Trinajstić information content (AvgIpc) is 2.77.